The lowest BCUT2D eigenvalue weighted by Crippen LogP contribution is -2.52. The molecule has 16 nitrogen and oxygen atoms in total. The second-order valence-electron chi connectivity index (χ2n) is 11.1. The van der Waals surface area contributed by atoms with Gasteiger partial charge >= 0.3 is 5.09 Å². The van der Waals surface area contributed by atoms with Crippen LogP contribution in [0.3, 0.4) is 0 Å². The van der Waals surface area contributed by atoms with Gasteiger partial charge in [0.25, 0.3) is 5.56 Å². The Morgan fingerprint density at radius 1 is 1.20 bits per heavy atom. The van der Waals surface area contributed by atoms with Gasteiger partial charge in [0.05, 0.1) is 29.2 Å². The lowest BCUT2D eigenvalue weighted by molar-refractivity contribution is -0.978. The summed E-state index contributed by atoms with van der Waals surface area (Å²) >= 11 is 0. The van der Waals surface area contributed by atoms with E-state index in [1.54, 1.807) is 6.07 Å². The number of hydrogen-bond acceptors (Lipinski definition) is 12. The first-order chi connectivity index (χ1) is 22.0. The SMILES string of the molecule is CCCOc1ccc(S(=O)(=O)N2CCC(C(O)(CON[O-])CO[N+](=O)OC)CC2)cc1-c1nc2c(CCC)cn(CC)c2c(=O)[nH]1. The third-order valence-corrected chi connectivity index (χ3v) is 10.0. The van der Waals surface area contributed by atoms with Crippen molar-refractivity contribution in [3.63, 3.8) is 0 Å². The zero-order chi connectivity index (χ0) is 33.5. The minimum absolute atomic E-state index is 0.0213. The van der Waals surface area contributed by atoms with Gasteiger partial charge in [-0.2, -0.15) is 14.0 Å². The van der Waals surface area contributed by atoms with Crippen molar-refractivity contribution < 1.29 is 37.9 Å². The molecular formula is C29H42N6O10S. The van der Waals surface area contributed by atoms with Crippen molar-refractivity contribution in [2.24, 2.45) is 5.92 Å². The average molecular weight is 667 g/mol. The number of aliphatic hydroxyl groups is 1. The van der Waals surface area contributed by atoms with Gasteiger partial charge in [0, 0.05) is 25.8 Å². The van der Waals surface area contributed by atoms with E-state index in [-0.39, 0.29) is 47.3 Å². The molecule has 0 spiro atoms. The number of rotatable bonds is 17. The van der Waals surface area contributed by atoms with Crippen molar-refractivity contribution in [3.05, 3.63) is 50.4 Å². The van der Waals surface area contributed by atoms with E-state index in [2.05, 4.69) is 14.7 Å². The zero-order valence-electron chi connectivity index (χ0n) is 26.5. The number of H-pyrrole nitrogens is 1. The molecule has 0 radical (unpaired) electrons. The van der Waals surface area contributed by atoms with Crippen LogP contribution in [0, 0.1) is 16.0 Å². The fourth-order valence-corrected chi connectivity index (χ4v) is 7.22. The maximum absolute atomic E-state index is 13.9. The van der Waals surface area contributed by atoms with Crippen LogP contribution in [0.15, 0.2) is 34.1 Å². The van der Waals surface area contributed by atoms with Gasteiger partial charge in [-0.25, -0.2) is 13.4 Å². The van der Waals surface area contributed by atoms with E-state index in [0.29, 0.717) is 41.9 Å². The summed E-state index contributed by atoms with van der Waals surface area (Å²) in [7, 11) is -2.96. The fraction of sp³-hybridized carbons (Fsp3) is 0.586. The lowest BCUT2D eigenvalue weighted by Gasteiger charge is -2.39. The first-order valence-corrected chi connectivity index (χ1v) is 16.7. The number of nitrogens with one attached hydrogen (secondary N) is 2. The molecule has 3 aromatic rings. The van der Waals surface area contributed by atoms with Crippen LogP contribution >= 0.6 is 0 Å². The summed E-state index contributed by atoms with van der Waals surface area (Å²) in [5, 5.41) is 21.7. The molecule has 1 aromatic carbocycles. The zero-order valence-corrected chi connectivity index (χ0v) is 27.3. The first-order valence-electron chi connectivity index (χ1n) is 15.3. The summed E-state index contributed by atoms with van der Waals surface area (Å²) in [4.78, 5) is 46.3. The highest BCUT2D eigenvalue weighted by Crippen LogP contribution is 2.35. The van der Waals surface area contributed by atoms with Gasteiger partial charge in [-0.05, 0) is 62.3 Å². The smallest absolute Gasteiger partial charge is 0.477 e. The summed E-state index contributed by atoms with van der Waals surface area (Å²) in [6, 6.07) is 4.47. The normalized spacial score (nSPS) is 16.0. The van der Waals surface area contributed by atoms with Crippen molar-refractivity contribution in [2.75, 3.05) is 40.0 Å². The number of piperidine rings is 1. The second kappa shape index (κ2) is 15.3. The number of aromatic nitrogens is 3. The van der Waals surface area contributed by atoms with Crippen LogP contribution in [-0.4, -0.2) is 83.1 Å². The molecule has 46 heavy (non-hydrogen) atoms. The van der Waals surface area contributed by atoms with Crippen molar-refractivity contribution >= 4 is 21.1 Å². The van der Waals surface area contributed by atoms with Gasteiger partial charge in [-0.3, -0.25) is 10.4 Å². The molecular weight excluding hydrogens is 624 g/mol. The maximum atomic E-state index is 13.9. The molecule has 254 valence electrons. The molecule has 0 saturated carbocycles. The highest BCUT2D eigenvalue weighted by Gasteiger charge is 2.44. The highest BCUT2D eigenvalue weighted by molar-refractivity contribution is 7.89. The monoisotopic (exact) mass is 666 g/mol. The number of aromatic amines is 1. The Labute approximate surface area is 266 Å². The number of hydrogen-bond donors (Lipinski definition) is 3. The summed E-state index contributed by atoms with van der Waals surface area (Å²) in [6.45, 7) is 5.91. The summed E-state index contributed by atoms with van der Waals surface area (Å²) < 4.78 is 36.9. The summed E-state index contributed by atoms with van der Waals surface area (Å²) in [5.74, 6) is 0.00673. The molecule has 1 aliphatic rings. The topological polar surface area (TPSA) is 200 Å². The van der Waals surface area contributed by atoms with Crippen molar-refractivity contribution in [1.29, 1.82) is 0 Å². The van der Waals surface area contributed by atoms with Crippen LogP contribution in [0.25, 0.3) is 22.4 Å². The Bertz CT molecular complexity index is 1670. The number of nitrogens with zero attached hydrogens (tertiary/aromatic N) is 4. The molecule has 1 unspecified atom stereocenters. The molecule has 0 amide bonds. The lowest BCUT2D eigenvalue weighted by atomic mass is 9.82. The number of ether oxygens (including phenoxy) is 1. The molecule has 1 aliphatic heterocycles. The van der Waals surface area contributed by atoms with E-state index in [4.69, 9.17) is 14.6 Å². The molecule has 2 aromatic heterocycles. The third kappa shape index (κ3) is 7.50. The predicted molar refractivity (Wildman–Crippen MR) is 167 cm³/mol. The Morgan fingerprint density at radius 2 is 1.93 bits per heavy atom. The number of benzene rings is 1. The second-order valence-corrected chi connectivity index (χ2v) is 13.1. The van der Waals surface area contributed by atoms with Crippen LogP contribution in [0.2, 0.25) is 0 Å². The van der Waals surface area contributed by atoms with Gasteiger partial charge in [0.15, 0.2) is 7.11 Å². The molecule has 3 N–H and O–H groups in total. The largest absolute Gasteiger partial charge is 0.765 e. The molecule has 1 fully saturated rings. The van der Waals surface area contributed by atoms with Gasteiger partial charge in [-0.1, -0.05) is 20.3 Å². The number of sulfonamides is 1. The summed E-state index contributed by atoms with van der Waals surface area (Å²) in [5.41, 5.74) is 1.42. The van der Waals surface area contributed by atoms with Crippen molar-refractivity contribution in [3.8, 4) is 17.1 Å². The van der Waals surface area contributed by atoms with E-state index in [9.17, 15) is 28.4 Å². The third-order valence-electron chi connectivity index (χ3n) is 8.13. The molecule has 0 aliphatic carbocycles. The van der Waals surface area contributed by atoms with Crippen LogP contribution in [0.1, 0.15) is 52.0 Å². The van der Waals surface area contributed by atoms with Crippen LogP contribution < -0.4 is 15.9 Å². The van der Waals surface area contributed by atoms with E-state index >= 15 is 0 Å². The Balaban J connectivity index is 1.66. The Hall–Kier alpha value is -3.61. The van der Waals surface area contributed by atoms with Crippen LogP contribution in [0.4, 0.5) is 0 Å². The maximum Gasteiger partial charge on any atom is 0.477 e. The van der Waals surface area contributed by atoms with Crippen molar-refractivity contribution in [1.82, 2.24) is 24.5 Å². The standard InChI is InChI=1S/C29H42N6O10S/c1-5-8-20-17-33(7-3)26-25(20)30-27(31-28(26)36)23-16-22(9-10-24(23)43-15-6-2)46(40,41)34-13-11-21(12-14-34)29(37,18-44-32-38)19-45-35(39)42-4/h9-10,16-17,21,32,37H,5-8,11-15,18-19H2,1-4H3,(H,30,31,36). The minimum atomic E-state index is -4.05. The number of aryl methyl sites for hydroxylation is 2. The number of fused-ring (bicyclic) bond motifs is 1. The molecule has 1 saturated heterocycles. The van der Waals surface area contributed by atoms with E-state index < -0.39 is 34.8 Å². The summed E-state index contributed by atoms with van der Waals surface area (Å²) in [6.07, 6.45) is 4.59. The molecule has 3 heterocycles. The first kappa shape index (κ1) is 35.2. The van der Waals surface area contributed by atoms with E-state index in [1.165, 1.54) is 22.1 Å². The quantitative estimate of drug-likeness (QED) is 0.178. The molecule has 1 atom stereocenters. The predicted octanol–water partition coefficient (Wildman–Crippen LogP) is 2.58. The minimum Gasteiger partial charge on any atom is -0.765 e. The van der Waals surface area contributed by atoms with Crippen LogP contribution in [0.5, 0.6) is 5.75 Å². The Kier molecular flexibility index (Phi) is 11.7. The van der Waals surface area contributed by atoms with Gasteiger partial charge in [0.1, 0.15) is 27.6 Å². The highest BCUT2D eigenvalue weighted by atomic mass is 32.2. The molecule has 0 bridgehead atoms. The van der Waals surface area contributed by atoms with Gasteiger partial charge in [-0.15, -0.1) is 0 Å². The van der Waals surface area contributed by atoms with E-state index in [1.807, 2.05) is 31.5 Å². The fourth-order valence-electron chi connectivity index (χ4n) is 5.72. The van der Waals surface area contributed by atoms with Crippen molar-refractivity contribution in [2.45, 2.75) is 69.9 Å². The molecule has 17 heteroatoms. The molecule has 4 rings (SSSR count). The van der Waals surface area contributed by atoms with Gasteiger partial charge in [0.2, 0.25) is 16.6 Å². The average Bonchev–Trinajstić information content (AvgIpc) is 3.43. The van der Waals surface area contributed by atoms with E-state index in [0.717, 1.165) is 25.5 Å². The van der Waals surface area contributed by atoms with Crippen LogP contribution in [-0.2, 0) is 37.5 Å². The van der Waals surface area contributed by atoms with Gasteiger partial charge < -0.3 is 29.4 Å². The Morgan fingerprint density at radius 3 is 2.57 bits per heavy atom.